The summed E-state index contributed by atoms with van der Waals surface area (Å²) in [6.07, 6.45) is 3.49. The van der Waals surface area contributed by atoms with E-state index in [1.54, 1.807) is 0 Å². The maximum atomic E-state index is 13.7. The van der Waals surface area contributed by atoms with Gasteiger partial charge in [0.15, 0.2) is 0 Å². The number of rotatable bonds is 7. The molecule has 1 aliphatic rings. The van der Waals surface area contributed by atoms with E-state index in [0.29, 0.717) is 30.2 Å². The smallest absolute Gasteiger partial charge is 0.299 e. The van der Waals surface area contributed by atoms with E-state index in [1.807, 2.05) is 30.3 Å². The molecule has 2 rings (SSSR count). The van der Waals surface area contributed by atoms with E-state index in [9.17, 15) is 4.57 Å². The van der Waals surface area contributed by atoms with Crippen molar-refractivity contribution in [2.75, 3.05) is 6.54 Å². The average Bonchev–Trinajstić information content (AvgIpc) is 2.53. The molecule has 0 bridgehead atoms. The van der Waals surface area contributed by atoms with Crippen molar-refractivity contribution in [1.29, 1.82) is 0 Å². The summed E-state index contributed by atoms with van der Waals surface area (Å²) >= 11 is 0. The number of hydrogen-bond donors (Lipinski definition) is 1. The van der Waals surface area contributed by atoms with Gasteiger partial charge < -0.3 is 4.52 Å². The third-order valence-electron chi connectivity index (χ3n) is 5.05. The van der Waals surface area contributed by atoms with Gasteiger partial charge in [-0.05, 0) is 48.6 Å². The van der Waals surface area contributed by atoms with Crippen LogP contribution < -0.4 is 10.4 Å². The lowest BCUT2D eigenvalue weighted by molar-refractivity contribution is 0.0482. The Kier molecular flexibility index (Phi) is 7.10. The van der Waals surface area contributed by atoms with Crippen molar-refractivity contribution in [2.45, 2.75) is 60.0 Å². The normalized spacial score (nSPS) is 27.4. The monoisotopic (exact) mass is 351 g/mol. The predicted octanol–water partition coefficient (Wildman–Crippen LogP) is 5.23. The Bertz CT molecular complexity index is 544. The van der Waals surface area contributed by atoms with E-state index in [2.05, 4.69) is 39.7 Å². The van der Waals surface area contributed by atoms with Gasteiger partial charge in [0.05, 0.1) is 11.4 Å². The van der Waals surface area contributed by atoms with Gasteiger partial charge in [0.2, 0.25) is 0 Å². The lowest BCUT2D eigenvalue weighted by Gasteiger charge is -2.39. The second-order valence-corrected chi connectivity index (χ2v) is 10.3. The summed E-state index contributed by atoms with van der Waals surface area (Å²) in [6.45, 7) is 11.7. The number of hydrogen-bond acceptors (Lipinski definition) is 2. The Balaban J connectivity index is 2.24. The van der Waals surface area contributed by atoms with Crippen LogP contribution in [0.2, 0.25) is 0 Å². The summed E-state index contributed by atoms with van der Waals surface area (Å²) in [7, 11) is -3.05. The first kappa shape index (κ1) is 19.7. The Morgan fingerprint density at radius 3 is 2.42 bits per heavy atom. The highest BCUT2D eigenvalue weighted by molar-refractivity contribution is 7.65. The first-order chi connectivity index (χ1) is 11.3. The van der Waals surface area contributed by atoms with Gasteiger partial charge in [0, 0.05) is 6.54 Å². The molecule has 0 aliphatic heterocycles. The molecule has 1 aliphatic carbocycles. The van der Waals surface area contributed by atoms with Crippen LogP contribution in [-0.2, 0) is 9.09 Å². The molecule has 24 heavy (non-hydrogen) atoms. The van der Waals surface area contributed by atoms with Crippen LogP contribution in [0.5, 0.6) is 0 Å². The van der Waals surface area contributed by atoms with E-state index in [0.717, 1.165) is 11.7 Å². The Morgan fingerprint density at radius 2 is 1.83 bits per heavy atom. The van der Waals surface area contributed by atoms with Crippen LogP contribution in [0, 0.1) is 23.7 Å². The molecule has 1 saturated carbocycles. The molecule has 3 nitrogen and oxygen atoms in total. The average molecular weight is 351 g/mol. The Morgan fingerprint density at radius 1 is 1.17 bits per heavy atom. The minimum absolute atomic E-state index is 0.0689. The summed E-state index contributed by atoms with van der Waals surface area (Å²) in [6, 6.07) is 9.67. The van der Waals surface area contributed by atoms with Gasteiger partial charge in [0.25, 0.3) is 7.52 Å². The minimum Gasteiger partial charge on any atom is -0.311 e. The molecule has 4 unspecified atom stereocenters. The maximum absolute atomic E-state index is 13.7. The molecular weight excluding hydrogens is 317 g/mol. The predicted molar refractivity (Wildman–Crippen MR) is 103 cm³/mol. The first-order valence-electron chi connectivity index (χ1n) is 9.41. The third-order valence-corrected chi connectivity index (χ3v) is 7.19. The molecule has 0 radical (unpaired) electrons. The molecule has 0 heterocycles. The highest BCUT2D eigenvalue weighted by Crippen LogP contribution is 2.48. The molecule has 0 spiro atoms. The zero-order valence-corrected chi connectivity index (χ0v) is 16.8. The van der Waals surface area contributed by atoms with E-state index < -0.39 is 7.52 Å². The zero-order chi connectivity index (χ0) is 17.7. The molecule has 136 valence electrons. The standard InChI is InChI=1S/C20H34NO2P/c1-15(2)14-21-24(22,18-9-7-6-8-10-18)23-20-13-17(5)11-12-19(20)16(3)4/h6-10,15-17,19-20H,11-14H2,1-5H3,(H,21,22). The Hall–Kier alpha value is -0.630. The topological polar surface area (TPSA) is 38.3 Å². The van der Waals surface area contributed by atoms with E-state index in [1.165, 1.54) is 12.8 Å². The van der Waals surface area contributed by atoms with Crippen LogP contribution in [0.4, 0.5) is 0 Å². The van der Waals surface area contributed by atoms with Gasteiger partial charge in [-0.3, -0.25) is 4.57 Å². The molecule has 0 amide bonds. The van der Waals surface area contributed by atoms with E-state index >= 15 is 0 Å². The van der Waals surface area contributed by atoms with Crippen LogP contribution in [0.25, 0.3) is 0 Å². The summed E-state index contributed by atoms with van der Waals surface area (Å²) in [5.74, 6) is 2.10. The SMILES string of the molecule is CC(C)CNP(=O)(OC1CC(C)CCC1C(C)C)c1ccccc1. The van der Waals surface area contributed by atoms with Crippen molar-refractivity contribution in [3.05, 3.63) is 30.3 Å². The van der Waals surface area contributed by atoms with Crippen molar-refractivity contribution < 1.29 is 9.09 Å². The van der Waals surface area contributed by atoms with Crippen molar-refractivity contribution in [3.8, 4) is 0 Å². The molecule has 4 atom stereocenters. The molecule has 1 aromatic carbocycles. The van der Waals surface area contributed by atoms with Crippen LogP contribution in [0.15, 0.2) is 30.3 Å². The first-order valence-corrected chi connectivity index (χ1v) is 11.0. The molecule has 1 N–H and O–H groups in total. The summed E-state index contributed by atoms with van der Waals surface area (Å²) in [5.41, 5.74) is 0. The van der Waals surface area contributed by atoms with Gasteiger partial charge in [-0.1, -0.05) is 59.2 Å². The van der Waals surface area contributed by atoms with E-state index in [4.69, 9.17) is 4.52 Å². The largest absolute Gasteiger partial charge is 0.311 e. The van der Waals surface area contributed by atoms with Gasteiger partial charge in [-0.15, -0.1) is 0 Å². The van der Waals surface area contributed by atoms with Gasteiger partial charge in [0.1, 0.15) is 0 Å². The lowest BCUT2D eigenvalue weighted by Crippen LogP contribution is -2.37. The Labute approximate surface area is 148 Å². The quantitative estimate of drug-likeness (QED) is 0.684. The van der Waals surface area contributed by atoms with Crippen LogP contribution in [0.1, 0.15) is 53.9 Å². The molecular formula is C20H34NO2P. The van der Waals surface area contributed by atoms with E-state index in [-0.39, 0.29) is 6.10 Å². The highest BCUT2D eigenvalue weighted by Gasteiger charge is 2.37. The summed E-state index contributed by atoms with van der Waals surface area (Å²) in [5, 5.41) is 4.05. The van der Waals surface area contributed by atoms with Gasteiger partial charge in [-0.2, -0.15) is 0 Å². The maximum Gasteiger partial charge on any atom is 0.299 e. The summed E-state index contributed by atoms with van der Waals surface area (Å²) < 4.78 is 20.1. The second kappa shape index (κ2) is 8.65. The van der Waals surface area contributed by atoms with Crippen LogP contribution in [0.3, 0.4) is 0 Å². The van der Waals surface area contributed by atoms with Crippen molar-refractivity contribution >= 4 is 12.8 Å². The van der Waals surface area contributed by atoms with Crippen LogP contribution in [-0.4, -0.2) is 12.6 Å². The fourth-order valence-corrected chi connectivity index (χ4v) is 5.72. The third kappa shape index (κ3) is 5.18. The number of benzene rings is 1. The van der Waals surface area contributed by atoms with Crippen molar-refractivity contribution in [3.63, 3.8) is 0 Å². The van der Waals surface area contributed by atoms with Gasteiger partial charge in [-0.25, -0.2) is 5.09 Å². The fourth-order valence-electron chi connectivity index (χ4n) is 3.54. The van der Waals surface area contributed by atoms with Crippen molar-refractivity contribution in [1.82, 2.24) is 5.09 Å². The molecule has 4 heteroatoms. The van der Waals surface area contributed by atoms with Crippen LogP contribution >= 0.6 is 7.52 Å². The van der Waals surface area contributed by atoms with Crippen molar-refractivity contribution in [2.24, 2.45) is 23.7 Å². The molecule has 1 aromatic rings. The molecule has 1 fully saturated rings. The molecule has 0 saturated heterocycles. The number of nitrogens with one attached hydrogen (secondary N) is 1. The zero-order valence-electron chi connectivity index (χ0n) is 15.9. The highest BCUT2D eigenvalue weighted by atomic mass is 31.2. The summed E-state index contributed by atoms with van der Waals surface area (Å²) in [4.78, 5) is 0. The fraction of sp³-hybridized carbons (Fsp3) is 0.700. The lowest BCUT2D eigenvalue weighted by atomic mass is 9.75. The molecule has 0 aromatic heterocycles. The second-order valence-electron chi connectivity index (χ2n) is 8.11. The van der Waals surface area contributed by atoms with Gasteiger partial charge >= 0.3 is 0 Å². The minimum atomic E-state index is -3.05.